The van der Waals surface area contributed by atoms with Crippen LogP contribution in [0.1, 0.15) is 45.2 Å². The van der Waals surface area contributed by atoms with E-state index in [0.29, 0.717) is 12.1 Å². The number of nitrogens with one attached hydrogen (secondary N) is 2. The summed E-state index contributed by atoms with van der Waals surface area (Å²) >= 11 is 0. The van der Waals surface area contributed by atoms with Gasteiger partial charge in [0.15, 0.2) is 0 Å². The Morgan fingerprint density at radius 3 is 1.59 bits per heavy atom. The van der Waals surface area contributed by atoms with Crippen molar-refractivity contribution in [2.24, 2.45) is 0 Å². The van der Waals surface area contributed by atoms with E-state index in [1.54, 1.807) is 0 Å². The van der Waals surface area contributed by atoms with Gasteiger partial charge in [0.2, 0.25) is 0 Å². The molecule has 118 valence electrons. The molecule has 0 aliphatic rings. The summed E-state index contributed by atoms with van der Waals surface area (Å²) in [7, 11) is 0. The van der Waals surface area contributed by atoms with Crippen molar-refractivity contribution in [3.8, 4) is 0 Å². The Kier molecular flexibility index (Phi) is 5.88. The topological polar surface area (TPSA) is 24.1 Å². The SMILES string of the molecule is CCC(C)Nc1ccc(Cc2ccc(NC(C)C)cc2)cc1. The Labute approximate surface area is 135 Å². The normalized spacial score (nSPS) is 12.2. The first kappa shape index (κ1) is 16.4. The van der Waals surface area contributed by atoms with Crippen LogP contribution in [0.25, 0.3) is 0 Å². The van der Waals surface area contributed by atoms with Crippen molar-refractivity contribution >= 4 is 11.4 Å². The summed E-state index contributed by atoms with van der Waals surface area (Å²) in [4.78, 5) is 0. The van der Waals surface area contributed by atoms with Crippen LogP contribution < -0.4 is 10.6 Å². The van der Waals surface area contributed by atoms with Crippen LogP contribution in [0.5, 0.6) is 0 Å². The van der Waals surface area contributed by atoms with Gasteiger partial charge in [-0.1, -0.05) is 31.2 Å². The standard InChI is InChI=1S/C20H28N2/c1-5-16(4)22-20-12-8-18(9-13-20)14-17-6-10-19(11-7-17)21-15(2)3/h6-13,15-16,21-22H,5,14H2,1-4H3. The predicted octanol–water partition coefficient (Wildman–Crippen LogP) is 5.31. The molecule has 0 aromatic heterocycles. The highest BCUT2D eigenvalue weighted by atomic mass is 14.9. The highest BCUT2D eigenvalue weighted by Crippen LogP contribution is 2.17. The third-order valence-corrected chi connectivity index (χ3v) is 3.80. The Morgan fingerprint density at radius 2 is 1.18 bits per heavy atom. The summed E-state index contributed by atoms with van der Waals surface area (Å²) < 4.78 is 0. The van der Waals surface area contributed by atoms with E-state index in [1.807, 2.05) is 0 Å². The van der Waals surface area contributed by atoms with E-state index in [-0.39, 0.29) is 0 Å². The fraction of sp³-hybridized carbons (Fsp3) is 0.400. The molecule has 0 aliphatic carbocycles. The summed E-state index contributed by atoms with van der Waals surface area (Å²) in [6.45, 7) is 8.72. The van der Waals surface area contributed by atoms with Crippen molar-refractivity contribution in [2.45, 2.75) is 52.6 Å². The van der Waals surface area contributed by atoms with Crippen molar-refractivity contribution in [1.29, 1.82) is 0 Å². The smallest absolute Gasteiger partial charge is 0.0342 e. The zero-order valence-corrected chi connectivity index (χ0v) is 14.2. The summed E-state index contributed by atoms with van der Waals surface area (Å²) in [6, 6.07) is 18.5. The zero-order valence-electron chi connectivity index (χ0n) is 14.2. The lowest BCUT2D eigenvalue weighted by Crippen LogP contribution is -2.13. The lowest BCUT2D eigenvalue weighted by atomic mass is 10.0. The van der Waals surface area contributed by atoms with Crippen LogP contribution >= 0.6 is 0 Å². The van der Waals surface area contributed by atoms with Gasteiger partial charge in [-0.25, -0.2) is 0 Å². The minimum Gasteiger partial charge on any atom is -0.383 e. The van der Waals surface area contributed by atoms with Crippen LogP contribution in [0.15, 0.2) is 48.5 Å². The highest BCUT2D eigenvalue weighted by molar-refractivity contribution is 5.48. The average molecular weight is 296 g/mol. The predicted molar refractivity (Wildman–Crippen MR) is 97.8 cm³/mol. The van der Waals surface area contributed by atoms with Gasteiger partial charge in [0.25, 0.3) is 0 Å². The third kappa shape index (κ3) is 5.10. The molecular formula is C20H28N2. The van der Waals surface area contributed by atoms with Gasteiger partial charge in [-0.15, -0.1) is 0 Å². The van der Waals surface area contributed by atoms with Crippen LogP contribution in [0, 0.1) is 0 Å². The van der Waals surface area contributed by atoms with Gasteiger partial charge in [0.05, 0.1) is 0 Å². The van der Waals surface area contributed by atoms with Crippen molar-refractivity contribution in [3.63, 3.8) is 0 Å². The molecule has 2 heteroatoms. The van der Waals surface area contributed by atoms with E-state index in [1.165, 1.54) is 22.5 Å². The van der Waals surface area contributed by atoms with Gasteiger partial charge in [-0.05, 0) is 69.0 Å². The quantitative estimate of drug-likeness (QED) is 0.723. The molecular weight excluding hydrogens is 268 g/mol. The second kappa shape index (κ2) is 7.88. The summed E-state index contributed by atoms with van der Waals surface area (Å²) in [6.07, 6.45) is 2.12. The van der Waals surface area contributed by atoms with Crippen LogP contribution in [-0.2, 0) is 6.42 Å². The highest BCUT2D eigenvalue weighted by Gasteiger charge is 2.01. The third-order valence-electron chi connectivity index (χ3n) is 3.80. The van der Waals surface area contributed by atoms with Crippen molar-refractivity contribution in [1.82, 2.24) is 0 Å². The molecule has 2 rings (SSSR count). The molecule has 0 saturated heterocycles. The molecule has 0 radical (unpaired) electrons. The number of hydrogen-bond acceptors (Lipinski definition) is 2. The van der Waals surface area contributed by atoms with Gasteiger partial charge >= 0.3 is 0 Å². The molecule has 0 spiro atoms. The van der Waals surface area contributed by atoms with E-state index in [0.717, 1.165) is 12.8 Å². The Bertz CT molecular complexity index is 555. The lowest BCUT2D eigenvalue weighted by Gasteiger charge is -2.13. The molecule has 2 aromatic rings. The van der Waals surface area contributed by atoms with Crippen molar-refractivity contribution in [2.75, 3.05) is 10.6 Å². The number of anilines is 2. The maximum absolute atomic E-state index is 3.50. The van der Waals surface area contributed by atoms with E-state index in [9.17, 15) is 0 Å². The van der Waals surface area contributed by atoms with Crippen LogP contribution in [0.2, 0.25) is 0 Å². The monoisotopic (exact) mass is 296 g/mol. The average Bonchev–Trinajstić information content (AvgIpc) is 2.50. The maximum atomic E-state index is 3.50. The van der Waals surface area contributed by atoms with E-state index < -0.39 is 0 Å². The summed E-state index contributed by atoms with van der Waals surface area (Å²) in [5.41, 5.74) is 5.08. The lowest BCUT2D eigenvalue weighted by molar-refractivity contribution is 0.764. The molecule has 1 atom stereocenters. The maximum Gasteiger partial charge on any atom is 0.0342 e. The molecule has 2 N–H and O–H groups in total. The fourth-order valence-electron chi connectivity index (χ4n) is 2.39. The van der Waals surface area contributed by atoms with Crippen LogP contribution in [0.4, 0.5) is 11.4 Å². The summed E-state index contributed by atoms with van der Waals surface area (Å²) in [5.74, 6) is 0. The molecule has 2 aromatic carbocycles. The molecule has 0 heterocycles. The van der Waals surface area contributed by atoms with Gasteiger partial charge in [0.1, 0.15) is 0 Å². The molecule has 22 heavy (non-hydrogen) atoms. The minimum absolute atomic E-state index is 0.469. The van der Waals surface area contributed by atoms with Gasteiger partial charge in [-0.3, -0.25) is 0 Å². The van der Waals surface area contributed by atoms with Gasteiger partial charge in [0, 0.05) is 23.5 Å². The van der Waals surface area contributed by atoms with Crippen LogP contribution in [0.3, 0.4) is 0 Å². The zero-order chi connectivity index (χ0) is 15.9. The first-order valence-electron chi connectivity index (χ1n) is 8.27. The molecule has 0 bridgehead atoms. The molecule has 0 saturated carbocycles. The number of hydrogen-bond donors (Lipinski definition) is 2. The second-order valence-corrected chi connectivity index (χ2v) is 6.32. The first-order chi connectivity index (χ1) is 10.6. The molecule has 0 aliphatic heterocycles. The second-order valence-electron chi connectivity index (χ2n) is 6.32. The largest absolute Gasteiger partial charge is 0.383 e. The molecule has 0 fully saturated rings. The van der Waals surface area contributed by atoms with Crippen molar-refractivity contribution in [3.05, 3.63) is 59.7 Å². The fourth-order valence-corrected chi connectivity index (χ4v) is 2.39. The van der Waals surface area contributed by atoms with Gasteiger partial charge < -0.3 is 10.6 Å². The minimum atomic E-state index is 0.469. The van der Waals surface area contributed by atoms with E-state index in [4.69, 9.17) is 0 Å². The van der Waals surface area contributed by atoms with E-state index in [2.05, 4.69) is 86.9 Å². The summed E-state index contributed by atoms with van der Waals surface area (Å²) in [5, 5.41) is 6.92. The number of benzene rings is 2. The first-order valence-corrected chi connectivity index (χ1v) is 8.27. The van der Waals surface area contributed by atoms with Crippen LogP contribution in [-0.4, -0.2) is 12.1 Å². The van der Waals surface area contributed by atoms with Crippen molar-refractivity contribution < 1.29 is 0 Å². The van der Waals surface area contributed by atoms with Gasteiger partial charge in [-0.2, -0.15) is 0 Å². The van der Waals surface area contributed by atoms with E-state index >= 15 is 0 Å². The Hall–Kier alpha value is -1.96. The molecule has 2 nitrogen and oxygen atoms in total. The Morgan fingerprint density at radius 1 is 0.727 bits per heavy atom. The molecule has 0 amide bonds. The molecule has 1 unspecified atom stereocenters. The number of rotatable bonds is 7. The Balaban J connectivity index is 1.95.